The normalized spacial score (nSPS) is 45.6. The molecule has 2 bridgehead atoms. The molecule has 2 unspecified atom stereocenters. The molecule has 2 atom stereocenters. The van der Waals surface area contributed by atoms with Crippen LogP contribution in [0.3, 0.4) is 0 Å². The maximum atomic E-state index is 7.79. The minimum Gasteiger partial charge on any atom is -0.454 e. The number of hydrogen-bond donors (Lipinski definition) is 0. The summed E-state index contributed by atoms with van der Waals surface area (Å²) in [5, 5.41) is 0. The van der Waals surface area contributed by atoms with Gasteiger partial charge < -0.3 is 5.84 Å². The van der Waals surface area contributed by atoms with Crippen LogP contribution in [-0.2, 0) is 0 Å². The second-order valence-electron chi connectivity index (χ2n) is 3.87. The molecule has 1 fully saturated rings. The molecule has 0 aromatic rings. The third-order valence-corrected chi connectivity index (χ3v) is 3.51. The largest absolute Gasteiger partial charge is 0.454 e. The van der Waals surface area contributed by atoms with E-state index >= 15 is 0 Å². The second kappa shape index (κ2) is 1.52. The SMILES string of the molecule is [NH-][N+]1=C2CC=CC13CCCC23. The first-order valence-corrected chi connectivity index (χ1v) is 4.39. The van der Waals surface area contributed by atoms with E-state index < -0.39 is 0 Å². The molecule has 3 aliphatic rings. The fraction of sp³-hybridized carbons (Fsp3) is 0.667. The van der Waals surface area contributed by atoms with E-state index in [-0.39, 0.29) is 5.54 Å². The minimum atomic E-state index is 0.174. The number of rotatable bonds is 0. The molecule has 0 amide bonds. The summed E-state index contributed by atoms with van der Waals surface area (Å²) in [6.45, 7) is 0. The van der Waals surface area contributed by atoms with Crippen LogP contribution in [0.15, 0.2) is 12.2 Å². The molecule has 58 valence electrons. The maximum Gasteiger partial charge on any atom is 0.187 e. The van der Waals surface area contributed by atoms with Crippen LogP contribution in [0.1, 0.15) is 25.7 Å². The molecular weight excluding hydrogens is 136 g/mol. The zero-order chi connectivity index (χ0) is 7.47. The van der Waals surface area contributed by atoms with Gasteiger partial charge >= 0.3 is 0 Å². The summed E-state index contributed by atoms with van der Waals surface area (Å²) >= 11 is 0. The summed E-state index contributed by atoms with van der Waals surface area (Å²) in [5.74, 6) is 8.55. The van der Waals surface area contributed by atoms with Crippen molar-refractivity contribution in [1.82, 2.24) is 0 Å². The van der Waals surface area contributed by atoms with Crippen molar-refractivity contribution in [3.63, 3.8) is 0 Å². The molecule has 1 spiro atoms. The number of fused-ring (bicyclic) bond motifs is 1. The van der Waals surface area contributed by atoms with Gasteiger partial charge in [-0.1, -0.05) is 6.08 Å². The predicted molar refractivity (Wildman–Crippen MR) is 43.4 cm³/mol. The Bertz CT molecular complexity index is 277. The van der Waals surface area contributed by atoms with Crippen molar-refractivity contribution in [2.24, 2.45) is 5.92 Å². The van der Waals surface area contributed by atoms with Gasteiger partial charge in [-0.25, -0.2) is 0 Å². The fourth-order valence-electron chi connectivity index (χ4n) is 2.98. The van der Waals surface area contributed by atoms with Gasteiger partial charge in [0.25, 0.3) is 0 Å². The van der Waals surface area contributed by atoms with Gasteiger partial charge in [-0.3, -0.25) is 4.68 Å². The maximum absolute atomic E-state index is 7.79. The van der Waals surface area contributed by atoms with Crippen LogP contribution >= 0.6 is 0 Å². The highest BCUT2D eigenvalue weighted by Gasteiger charge is 2.61. The minimum absolute atomic E-state index is 0.174. The van der Waals surface area contributed by atoms with Crippen molar-refractivity contribution in [3.05, 3.63) is 18.0 Å². The first kappa shape index (κ1) is 5.81. The van der Waals surface area contributed by atoms with Crippen LogP contribution in [0.5, 0.6) is 0 Å². The van der Waals surface area contributed by atoms with Crippen LogP contribution < -0.4 is 0 Å². The molecule has 1 saturated carbocycles. The van der Waals surface area contributed by atoms with Crippen molar-refractivity contribution < 1.29 is 4.68 Å². The number of hydrogen-bond acceptors (Lipinski definition) is 0. The van der Waals surface area contributed by atoms with Crippen molar-refractivity contribution >= 4 is 5.71 Å². The lowest BCUT2D eigenvalue weighted by molar-refractivity contribution is -0.577. The fourth-order valence-corrected chi connectivity index (χ4v) is 2.98. The Kier molecular flexibility index (Phi) is 0.803. The van der Waals surface area contributed by atoms with Gasteiger partial charge in [0.15, 0.2) is 11.3 Å². The summed E-state index contributed by atoms with van der Waals surface area (Å²) < 4.78 is 1.77. The Morgan fingerprint density at radius 1 is 1.64 bits per heavy atom. The molecule has 0 aromatic heterocycles. The van der Waals surface area contributed by atoms with E-state index in [1.54, 1.807) is 4.68 Å². The highest BCUT2D eigenvalue weighted by atomic mass is 15.4. The predicted octanol–water partition coefficient (Wildman–Crippen LogP) is 1.92. The molecule has 0 aromatic carbocycles. The van der Waals surface area contributed by atoms with E-state index in [2.05, 4.69) is 12.2 Å². The Labute approximate surface area is 66.4 Å². The topological polar surface area (TPSA) is 26.8 Å². The summed E-state index contributed by atoms with van der Waals surface area (Å²) in [7, 11) is 0. The van der Waals surface area contributed by atoms with Crippen molar-refractivity contribution in [2.45, 2.75) is 31.2 Å². The smallest absolute Gasteiger partial charge is 0.187 e. The molecule has 2 nitrogen and oxygen atoms in total. The summed E-state index contributed by atoms with van der Waals surface area (Å²) in [4.78, 5) is 0. The van der Waals surface area contributed by atoms with Gasteiger partial charge in [0.2, 0.25) is 0 Å². The molecule has 2 heteroatoms. The lowest BCUT2D eigenvalue weighted by atomic mass is 9.72. The van der Waals surface area contributed by atoms with Crippen LogP contribution in [0.25, 0.3) is 5.84 Å². The average molecular weight is 148 g/mol. The molecule has 0 saturated heterocycles. The molecule has 3 rings (SSSR count). The number of allylic oxidation sites excluding steroid dienone is 1. The lowest BCUT2D eigenvalue weighted by Gasteiger charge is -2.44. The molecule has 2 aliphatic heterocycles. The first-order chi connectivity index (χ1) is 5.34. The Morgan fingerprint density at radius 3 is 3.27 bits per heavy atom. The van der Waals surface area contributed by atoms with Crippen LogP contribution in [-0.4, -0.2) is 15.9 Å². The monoisotopic (exact) mass is 148 g/mol. The lowest BCUT2D eigenvalue weighted by Crippen LogP contribution is -2.59. The molecular formula is C9H12N2. The summed E-state index contributed by atoms with van der Waals surface area (Å²) in [6, 6.07) is 0. The van der Waals surface area contributed by atoms with Crippen LogP contribution in [0.2, 0.25) is 0 Å². The molecule has 11 heavy (non-hydrogen) atoms. The Hall–Kier alpha value is -0.790. The molecule has 2 heterocycles. The van der Waals surface area contributed by atoms with Gasteiger partial charge in [0.05, 0.1) is 0 Å². The first-order valence-electron chi connectivity index (χ1n) is 4.39. The molecule has 1 aliphatic carbocycles. The molecule has 1 N–H and O–H groups in total. The molecule has 0 radical (unpaired) electrons. The van der Waals surface area contributed by atoms with Crippen molar-refractivity contribution in [1.29, 1.82) is 0 Å². The number of nitrogens with one attached hydrogen (secondary N) is 1. The second-order valence-corrected chi connectivity index (χ2v) is 3.87. The standard InChI is InChI=1S/C9H12N2/c10-11-8-4-2-6-9(11)5-1-3-7(8)9/h2,6-7,10H,1,3-5H2. The summed E-state index contributed by atoms with van der Waals surface area (Å²) in [6.07, 6.45) is 9.40. The van der Waals surface area contributed by atoms with E-state index in [1.165, 1.54) is 25.0 Å². The Balaban J connectivity index is 2.16. The number of nitrogens with zero attached hydrogens (tertiary/aromatic N) is 1. The van der Waals surface area contributed by atoms with E-state index in [1.807, 2.05) is 0 Å². The van der Waals surface area contributed by atoms with Gasteiger partial charge in [-0.05, 0) is 18.9 Å². The van der Waals surface area contributed by atoms with Gasteiger partial charge in [0.1, 0.15) is 5.92 Å². The zero-order valence-corrected chi connectivity index (χ0v) is 6.51. The highest BCUT2D eigenvalue weighted by molar-refractivity contribution is 5.90. The highest BCUT2D eigenvalue weighted by Crippen LogP contribution is 2.50. The van der Waals surface area contributed by atoms with Crippen LogP contribution in [0, 0.1) is 5.92 Å². The van der Waals surface area contributed by atoms with E-state index in [4.69, 9.17) is 5.84 Å². The zero-order valence-electron chi connectivity index (χ0n) is 6.51. The van der Waals surface area contributed by atoms with Crippen LogP contribution in [0.4, 0.5) is 0 Å². The quantitative estimate of drug-likeness (QED) is 0.370. The van der Waals surface area contributed by atoms with Crippen molar-refractivity contribution in [3.8, 4) is 0 Å². The average Bonchev–Trinajstić information content (AvgIpc) is 2.43. The summed E-state index contributed by atoms with van der Waals surface area (Å²) in [5.41, 5.74) is 1.54. The van der Waals surface area contributed by atoms with E-state index in [0.29, 0.717) is 0 Å². The van der Waals surface area contributed by atoms with Gasteiger partial charge in [-0.15, -0.1) is 0 Å². The Morgan fingerprint density at radius 2 is 2.55 bits per heavy atom. The third-order valence-electron chi connectivity index (χ3n) is 3.51. The van der Waals surface area contributed by atoms with E-state index in [9.17, 15) is 0 Å². The third kappa shape index (κ3) is 0.434. The van der Waals surface area contributed by atoms with Gasteiger partial charge in [0, 0.05) is 12.8 Å². The van der Waals surface area contributed by atoms with Gasteiger partial charge in [-0.2, -0.15) is 0 Å². The van der Waals surface area contributed by atoms with E-state index in [0.717, 1.165) is 12.3 Å². The van der Waals surface area contributed by atoms with Crippen molar-refractivity contribution in [2.75, 3.05) is 0 Å².